The maximum atomic E-state index is 12.4. The molecule has 7 nitrogen and oxygen atoms in total. The van der Waals surface area contributed by atoms with Crippen LogP contribution in [0.1, 0.15) is 10.4 Å². The summed E-state index contributed by atoms with van der Waals surface area (Å²) in [5.74, 6) is -0.0608. The van der Waals surface area contributed by atoms with Crippen molar-refractivity contribution in [2.24, 2.45) is 0 Å². The standard InChI is InChI=1S/C16H9BrClN3O4S/c17-12-6-5-9(21(23)24)7-11(12)14(22)8-26-16-20-19-15(25-16)10-3-1-2-4-13(10)18/h1-7H,8H2. The van der Waals surface area contributed by atoms with Crippen molar-refractivity contribution < 1.29 is 14.1 Å². The van der Waals surface area contributed by atoms with E-state index in [2.05, 4.69) is 26.1 Å². The van der Waals surface area contributed by atoms with E-state index < -0.39 is 4.92 Å². The van der Waals surface area contributed by atoms with E-state index in [0.29, 0.717) is 15.1 Å². The van der Waals surface area contributed by atoms with Gasteiger partial charge in [-0.05, 0) is 18.2 Å². The third kappa shape index (κ3) is 4.12. The number of nitro groups is 1. The van der Waals surface area contributed by atoms with Crippen LogP contribution in [0.4, 0.5) is 5.69 Å². The van der Waals surface area contributed by atoms with E-state index in [4.69, 9.17) is 16.0 Å². The molecule has 26 heavy (non-hydrogen) atoms. The van der Waals surface area contributed by atoms with Crippen LogP contribution in [0.5, 0.6) is 0 Å². The minimum Gasteiger partial charge on any atom is -0.411 e. The second-order valence-corrected chi connectivity index (χ2v) is 7.17. The highest BCUT2D eigenvalue weighted by Gasteiger charge is 2.18. The van der Waals surface area contributed by atoms with Gasteiger partial charge < -0.3 is 4.42 Å². The Bertz CT molecular complexity index is 995. The Morgan fingerprint density at radius 1 is 1.27 bits per heavy atom. The minimum absolute atomic E-state index is 0.01000. The number of carbonyl (C=O) groups excluding carboxylic acids is 1. The lowest BCUT2D eigenvalue weighted by molar-refractivity contribution is -0.384. The summed E-state index contributed by atoms with van der Waals surface area (Å²) >= 11 is 10.4. The number of thioether (sulfide) groups is 1. The van der Waals surface area contributed by atoms with Crippen molar-refractivity contribution in [2.45, 2.75) is 5.22 Å². The zero-order valence-electron chi connectivity index (χ0n) is 12.9. The van der Waals surface area contributed by atoms with Gasteiger partial charge in [-0.15, -0.1) is 10.2 Å². The molecule has 1 heterocycles. The van der Waals surface area contributed by atoms with Gasteiger partial charge in [0.2, 0.25) is 5.89 Å². The number of ketones is 1. The zero-order chi connectivity index (χ0) is 18.7. The topological polar surface area (TPSA) is 99.1 Å². The van der Waals surface area contributed by atoms with Gasteiger partial charge in [-0.3, -0.25) is 14.9 Å². The van der Waals surface area contributed by atoms with Crippen LogP contribution in [0.2, 0.25) is 5.02 Å². The van der Waals surface area contributed by atoms with Crippen LogP contribution in [0, 0.1) is 10.1 Å². The van der Waals surface area contributed by atoms with E-state index in [0.717, 1.165) is 11.8 Å². The largest absolute Gasteiger partial charge is 0.411 e. The molecule has 2 aromatic carbocycles. The number of hydrogen-bond donors (Lipinski definition) is 0. The highest BCUT2D eigenvalue weighted by Crippen LogP contribution is 2.30. The summed E-state index contributed by atoms with van der Waals surface area (Å²) in [5.41, 5.74) is 0.666. The van der Waals surface area contributed by atoms with Gasteiger partial charge in [0.1, 0.15) is 0 Å². The highest BCUT2D eigenvalue weighted by molar-refractivity contribution is 9.10. The average Bonchev–Trinajstić information content (AvgIpc) is 3.09. The number of halogens is 2. The van der Waals surface area contributed by atoms with Crippen LogP contribution in [-0.2, 0) is 0 Å². The third-order valence-electron chi connectivity index (χ3n) is 3.30. The molecule has 0 unspecified atom stereocenters. The Labute approximate surface area is 165 Å². The van der Waals surface area contributed by atoms with Gasteiger partial charge in [-0.1, -0.05) is 51.4 Å². The molecule has 0 saturated heterocycles. The maximum absolute atomic E-state index is 12.4. The monoisotopic (exact) mass is 453 g/mol. The van der Waals surface area contributed by atoms with Gasteiger partial charge in [-0.25, -0.2) is 0 Å². The maximum Gasteiger partial charge on any atom is 0.277 e. The summed E-state index contributed by atoms with van der Waals surface area (Å²) in [5, 5.41) is 19.3. The Morgan fingerprint density at radius 3 is 2.77 bits per heavy atom. The van der Waals surface area contributed by atoms with Crippen molar-refractivity contribution in [2.75, 3.05) is 5.75 Å². The van der Waals surface area contributed by atoms with Crippen LogP contribution < -0.4 is 0 Å². The van der Waals surface area contributed by atoms with Crippen molar-refractivity contribution in [3.8, 4) is 11.5 Å². The number of nitro benzene ring substituents is 1. The molecule has 0 N–H and O–H groups in total. The average molecular weight is 455 g/mol. The van der Waals surface area contributed by atoms with Crippen molar-refractivity contribution in [1.29, 1.82) is 0 Å². The van der Waals surface area contributed by atoms with Gasteiger partial charge in [0.25, 0.3) is 10.9 Å². The molecule has 0 aliphatic heterocycles. The molecule has 0 aliphatic rings. The second-order valence-electron chi connectivity index (χ2n) is 4.99. The number of rotatable bonds is 6. The number of benzene rings is 2. The lowest BCUT2D eigenvalue weighted by atomic mass is 10.1. The zero-order valence-corrected chi connectivity index (χ0v) is 16.0. The second kappa shape index (κ2) is 7.98. The van der Waals surface area contributed by atoms with Crippen LogP contribution in [0.15, 0.2) is 56.6 Å². The Hall–Kier alpha value is -2.23. The molecule has 0 atom stereocenters. The van der Waals surface area contributed by atoms with Crippen molar-refractivity contribution in [3.05, 3.63) is 67.6 Å². The molecule has 0 spiro atoms. The quantitative estimate of drug-likeness (QED) is 0.223. The molecular weight excluding hydrogens is 446 g/mol. The molecular formula is C16H9BrClN3O4S. The molecule has 132 valence electrons. The molecule has 0 saturated carbocycles. The van der Waals surface area contributed by atoms with Gasteiger partial charge in [0.15, 0.2) is 5.78 Å². The van der Waals surface area contributed by atoms with E-state index in [1.807, 2.05) is 0 Å². The molecule has 0 radical (unpaired) electrons. The summed E-state index contributed by atoms with van der Waals surface area (Å²) in [6.45, 7) is 0. The lowest BCUT2D eigenvalue weighted by Gasteiger charge is -2.02. The normalized spacial score (nSPS) is 10.7. The van der Waals surface area contributed by atoms with Gasteiger partial charge in [0.05, 0.1) is 21.3 Å². The number of hydrogen-bond acceptors (Lipinski definition) is 7. The summed E-state index contributed by atoms with van der Waals surface area (Å²) in [6.07, 6.45) is 0. The fourth-order valence-electron chi connectivity index (χ4n) is 2.06. The molecule has 1 aromatic heterocycles. The lowest BCUT2D eigenvalue weighted by Crippen LogP contribution is -2.04. The summed E-state index contributed by atoms with van der Waals surface area (Å²) in [7, 11) is 0. The number of aromatic nitrogens is 2. The Kier molecular flexibility index (Phi) is 5.70. The van der Waals surface area contributed by atoms with E-state index in [1.165, 1.54) is 18.2 Å². The van der Waals surface area contributed by atoms with Crippen LogP contribution in [0.3, 0.4) is 0 Å². The van der Waals surface area contributed by atoms with Crippen molar-refractivity contribution in [1.82, 2.24) is 10.2 Å². The van der Waals surface area contributed by atoms with Crippen molar-refractivity contribution >= 4 is 50.8 Å². The van der Waals surface area contributed by atoms with Crippen LogP contribution in [-0.4, -0.2) is 26.7 Å². The fraction of sp³-hybridized carbons (Fsp3) is 0.0625. The SMILES string of the molecule is O=C(CSc1nnc(-c2ccccc2Cl)o1)c1cc([N+](=O)[O-])ccc1Br. The first-order valence-electron chi connectivity index (χ1n) is 7.14. The van der Waals surface area contributed by atoms with E-state index in [-0.39, 0.29) is 33.9 Å². The van der Waals surface area contributed by atoms with Crippen LogP contribution in [0.25, 0.3) is 11.5 Å². The Balaban J connectivity index is 1.72. The first kappa shape index (κ1) is 18.6. The molecule has 0 bridgehead atoms. The van der Waals surface area contributed by atoms with E-state index in [9.17, 15) is 14.9 Å². The third-order valence-corrected chi connectivity index (χ3v) is 5.14. The van der Waals surface area contributed by atoms with Crippen LogP contribution >= 0.6 is 39.3 Å². The Morgan fingerprint density at radius 2 is 2.04 bits per heavy atom. The predicted octanol–water partition coefficient (Wildman–Crippen LogP) is 5.04. The molecule has 10 heteroatoms. The first-order valence-corrected chi connectivity index (χ1v) is 9.29. The summed E-state index contributed by atoms with van der Waals surface area (Å²) < 4.78 is 6.00. The summed E-state index contributed by atoms with van der Waals surface area (Å²) in [6, 6.07) is 11.1. The number of carbonyl (C=O) groups is 1. The molecule has 0 aliphatic carbocycles. The number of nitrogens with zero attached hydrogens (tertiary/aromatic N) is 3. The number of Topliss-reactive ketones (excluding diaryl/α,β-unsaturated/α-hetero) is 1. The smallest absolute Gasteiger partial charge is 0.277 e. The molecule has 3 rings (SSSR count). The van der Waals surface area contributed by atoms with Gasteiger partial charge >= 0.3 is 0 Å². The molecule has 0 fully saturated rings. The van der Waals surface area contributed by atoms with Gasteiger partial charge in [-0.2, -0.15) is 0 Å². The fourth-order valence-corrected chi connectivity index (χ4v) is 3.39. The predicted molar refractivity (Wildman–Crippen MR) is 101 cm³/mol. The first-order chi connectivity index (χ1) is 12.5. The molecule has 0 amide bonds. The minimum atomic E-state index is -0.551. The van der Waals surface area contributed by atoms with Crippen molar-refractivity contribution in [3.63, 3.8) is 0 Å². The van der Waals surface area contributed by atoms with E-state index >= 15 is 0 Å². The highest BCUT2D eigenvalue weighted by atomic mass is 79.9. The molecule has 3 aromatic rings. The van der Waals surface area contributed by atoms with E-state index in [1.54, 1.807) is 24.3 Å². The number of non-ortho nitro benzene ring substituents is 1. The summed E-state index contributed by atoms with van der Waals surface area (Å²) in [4.78, 5) is 22.7. The van der Waals surface area contributed by atoms with Gasteiger partial charge in [0, 0.05) is 22.2 Å².